The Morgan fingerprint density at radius 3 is 2.73 bits per heavy atom. The first kappa shape index (κ1) is 22.7. The first-order valence-electron chi connectivity index (χ1n) is 13.1. The number of piperidine rings is 2. The molecule has 6 aliphatic heterocycles. The van der Waals surface area contributed by atoms with E-state index in [0.29, 0.717) is 55.1 Å². The summed E-state index contributed by atoms with van der Waals surface area (Å²) in [5.74, 6) is 1.21. The lowest BCUT2D eigenvalue weighted by Crippen LogP contribution is -2.80. The summed E-state index contributed by atoms with van der Waals surface area (Å²) >= 11 is 0. The van der Waals surface area contributed by atoms with E-state index in [2.05, 4.69) is 30.1 Å². The second-order valence-corrected chi connectivity index (χ2v) is 12.8. The first-order valence-corrected chi connectivity index (χ1v) is 13.1. The maximum absolute atomic E-state index is 14.2. The number of carbonyl (C=O) groups excluding carboxylic acids is 2. The van der Waals surface area contributed by atoms with Crippen LogP contribution in [0.15, 0.2) is 36.2 Å². The highest BCUT2D eigenvalue weighted by atomic mass is 16.5. The number of allylic oxidation sites excluding steroid dienone is 2. The maximum atomic E-state index is 14.2. The summed E-state index contributed by atoms with van der Waals surface area (Å²) in [4.78, 5) is 32.2. The number of nitriles is 1. The molecule has 0 aromatic heterocycles. The SMILES string of the molecule is CN1C(=O)[C@@]23CCC=C(C#N)N2C[C@@]12C[C@@]1(C(=O)Nc4c1ccc1c4OC=CC(C)(C)O1)C(C)(C)[C@@H]2C3. The smallest absolute Gasteiger partial charge is 0.248 e. The molecule has 1 aromatic carbocycles. The first-order chi connectivity index (χ1) is 17.4. The highest BCUT2D eigenvalue weighted by molar-refractivity contribution is 6.09. The second-order valence-electron chi connectivity index (χ2n) is 12.8. The number of nitrogens with zero attached hydrogens (tertiary/aromatic N) is 3. The van der Waals surface area contributed by atoms with E-state index in [1.54, 1.807) is 6.26 Å². The molecule has 3 saturated heterocycles. The van der Waals surface area contributed by atoms with Crippen LogP contribution in [-0.4, -0.2) is 51.9 Å². The van der Waals surface area contributed by atoms with Crippen LogP contribution in [0.1, 0.15) is 58.9 Å². The fourth-order valence-corrected chi connectivity index (χ4v) is 8.74. The van der Waals surface area contributed by atoms with E-state index < -0.39 is 27.5 Å². The Morgan fingerprint density at radius 2 is 1.97 bits per heavy atom. The lowest BCUT2D eigenvalue weighted by Gasteiger charge is -2.66. The van der Waals surface area contributed by atoms with Gasteiger partial charge in [0.25, 0.3) is 0 Å². The molecule has 4 atom stereocenters. The number of amides is 2. The number of hydrogen-bond acceptors (Lipinski definition) is 6. The van der Waals surface area contributed by atoms with Crippen LogP contribution in [-0.2, 0) is 15.0 Å². The predicted octanol–water partition coefficient (Wildman–Crippen LogP) is 3.84. The molecule has 7 aliphatic rings. The molecule has 3 spiro atoms. The third kappa shape index (κ3) is 2.35. The largest absolute Gasteiger partial charge is 0.480 e. The second kappa shape index (κ2) is 6.50. The highest BCUT2D eigenvalue weighted by Crippen LogP contribution is 2.72. The summed E-state index contributed by atoms with van der Waals surface area (Å²) in [6.07, 6.45) is 7.98. The molecule has 37 heavy (non-hydrogen) atoms. The number of anilines is 1. The van der Waals surface area contributed by atoms with Crippen LogP contribution in [0.25, 0.3) is 0 Å². The molecule has 0 unspecified atom stereocenters. The van der Waals surface area contributed by atoms with Crippen molar-refractivity contribution in [1.82, 2.24) is 9.80 Å². The van der Waals surface area contributed by atoms with Crippen LogP contribution in [0.3, 0.4) is 0 Å². The van der Waals surface area contributed by atoms with Gasteiger partial charge in [-0.3, -0.25) is 9.59 Å². The standard InChI is InChI=1S/C29H32N4O4/c1-25(2)11-12-36-22-19(37-25)9-8-18-21(22)31-23(34)29(18)15-28-16-33-17(14-30)7-6-10-27(33,24(35)32(28)5)13-20(28)26(29,3)4/h7-9,11-12,20H,6,10,13,15-16H2,1-5H3,(H,31,34)/t20-,27-,28+,29+/m0/s1. The minimum Gasteiger partial charge on any atom is -0.480 e. The maximum Gasteiger partial charge on any atom is 0.248 e. The molecular formula is C29H32N4O4. The normalized spacial score (nSPS) is 37.4. The molecule has 4 fully saturated rings. The average Bonchev–Trinajstić information content (AvgIpc) is 3.16. The molecule has 2 amide bonds. The van der Waals surface area contributed by atoms with E-state index in [1.165, 1.54) is 0 Å². The molecule has 1 N–H and O–H groups in total. The van der Waals surface area contributed by atoms with Gasteiger partial charge in [0.1, 0.15) is 22.9 Å². The molecule has 8 rings (SSSR count). The van der Waals surface area contributed by atoms with Crippen LogP contribution in [0.2, 0.25) is 0 Å². The summed E-state index contributed by atoms with van der Waals surface area (Å²) in [7, 11) is 1.90. The van der Waals surface area contributed by atoms with Crippen molar-refractivity contribution in [2.24, 2.45) is 11.3 Å². The van der Waals surface area contributed by atoms with Gasteiger partial charge >= 0.3 is 0 Å². The molecule has 192 valence electrons. The third-order valence-electron chi connectivity index (χ3n) is 10.6. The van der Waals surface area contributed by atoms with Gasteiger partial charge < -0.3 is 24.6 Å². The molecule has 2 bridgehead atoms. The number of ether oxygens (including phenoxy) is 2. The molecule has 8 heteroatoms. The van der Waals surface area contributed by atoms with Crippen molar-refractivity contribution < 1.29 is 19.1 Å². The number of likely N-dealkylation sites (N-methyl/N-ethyl adjacent to an activating group) is 1. The number of piperazine rings is 1. The van der Waals surface area contributed by atoms with Gasteiger partial charge in [0.15, 0.2) is 11.5 Å². The number of carbonyl (C=O) groups is 2. The summed E-state index contributed by atoms with van der Waals surface area (Å²) in [5, 5.41) is 13.1. The van der Waals surface area contributed by atoms with Gasteiger partial charge in [0.2, 0.25) is 11.8 Å². The topological polar surface area (TPSA) is 94.9 Å². The zero-order valence-corrected chi connectivity index (χ0v) is 22.0. The Hall–Kier alpha value is -3.47. The Morgan fingerprint density at radius 1 is 1.19 bits per heavy atom. The lowest BCUT2D eigenvalue weighted by atomic mass is 9.56. The minimum atomic E-state index is -0.859. The summed E-state index contributed by atoms with van der Waals surface area (Å²) in [6, 6.07) is 6.26. The Kier molecular flexibility index (Phi) is 3.99. The molecule has 8 nitrogen and oxygen atoms in total. The van der Waals surface area contributed by atoms with E-state index in [-0.39, 0.29) is 17.7 Å². The number of fused-ring (bicyclic) bond motifs is 5. The molecular weight excluding hydrogens is 468 g/mol. The number of benzene rings is 1. The quantitative estimate of drug-likeness (QED) is 0.582. The van der Waals surface area contributed by atoms with Crippen LogP contribution >= 0.6 is 0 Å². The monoisotopic (exact) mass is 500 g/mol. The van der Waals surface area contributed by atoms with Gasteiger partial charge in [-0.15, -0.1) is 0 Å². The highest BCUT2D eigenvalue weighted by Gasteiger charge is 2.79. The van der Waals surface area contributed by atoms with Gasteiger partial charge in [-0.25, -0.2) is 0 Å². The van der Waals surface area contributed by atoms with Crippen LogP contribution in [0.5, 0.6) is 11.5 Å². The van der Waals surface area contributed by atoms with Gasteiger partial charge in [-0.05, 0) is 74.6 Å². The summed E-state index contributed by atoms with van der Waals surface area (Å²) in [6.45, 7) is 8.87. The summed E-state index contributed by atoms with van der Waals surface area (Å²) < 4.78 is 12.2. The van der Waals surface area contributed by atoms with Crippen LogP contribution in [0.4, 0.5) is 5.69 Å². The van der Waals surface area contributed by atoms with Gasteiger partial charge in [0.05, 0.1) is 22.9 Å². The van der Waals surface area contributed by atoms with Crippen LogP contribution in [0, 0.1) is 22.7 Å². The van der Waals surface area contributed by atoms with Crippen LogP contribution < -0.4 is 14.8 Å². The lowest BCUT2D eigenvalue weighted by molar-refractivity contribution is -0.187. The molecule has 6 heterocycles. The number of hydrogen-bond donors (Lipinski definition) is 1. The van der Waals surface area contributed by atoms with Crippen molar-refractivity contribution in [1.29, 1.82) is 5.26 Å². The Bertz CT molecular complexity index is 1400. The molecule has 1 saturated carbocycles. The fourth-order valence-electron chi connectivity index (χ4n) is 8.74. The van der Waals surface area contributed by atoms with E-state index in [0.717, 1.165) is 5.56 Å². The Labute approximate surface area is 216 Å². The van der Waals surface area contributed by atoms with Gasteiger partial charge in [0, 0.05) is 13.6 Å². The minimum absolute atomic E-state index is 0.0587. The summed E-state index contributed by atoms with van der Waals surface area (Å²) in [5.41, 5.74) is -1.00. The number of nitrogens with one attached hydrogen (secondary N) is 1. The zero-order valence-electron chi connectivity index (χ0n) is 22.0. The average molecular weight is 501 g/mol. The van der Waals surface area contributed by atoms with Crippen molar-refractivity contribution in [3.05, 3.63) is 41.8 Å². The van der Waals surface area contributed by atoms with E-state index in [4.69, 9.17) is 9.47 Å². The number of rotatable bonds is 0. The van der Waals surface area contributed by atoms with Crippen molar-refractivity contribution in [2.45, 2.75) is 75.5 Å². The molecule has 1 aromatic rings. The van der Waals surface area contributed by atoms with Gasteiger partial charge in [-0.1, -0.05) is 19.9 Å². The predicted molar refractivity (Wildman–Crippen MR) is 136 cm³/mol. The van der Waals surface area contributed by atoms with Crippen molar-refractivity contribution in [2.75, 3.05) is 18.9 Å². The molecule has 1 aliphatic carbocycles. The van der Waals surface area contributed by atoms with E-state index in [9.17, 15) is 14.9 Å². The van der Waals surface area contributed by atoms with Crippen molar-refractivity contribution in [3.8, 4) is 17.6 Å². The third-order valence-corrected chi connectivity index (χ3v) is 10.6. The van der Waals surface area contributed by atoms with Gasteiger partial charge in [-0.2, -0.15) is 5.26 Å². The van der Waals surface area contributed by atoms with Crippen molar-refractivity contribution >= 4 is 17.5 Å². The zero-order chi connectivity index (χ0) is 26.2. The fraction of sp³-hybridized carbons (Fsp3) is 0.552. The van der Waals surface area contributed by atoms with E-state index >= 15 is 0 Å². The van der Waals surface area contributed by atoms with Crippen molar-refractivity contribution in [3.63, 3.8) is 0 Å². The molecule has 0 radical (unpaired) electrons. The Balaban J connectivity index is 1.42. The van der Waals surface area contributed by atoms with E-state index in [1.807, 2.05) is 50.1 Å².